The molecule has 1 aliphatic heterocycles. The maximum atomic E-state index is 13.1. The van der Waals surface area contributed by atoms with Crippen LogP contribution in [-0.2, 0) is 0 Å². The summed E-state index contributed by atoms with van der Waals surface area (Å²) in [5.41, 5.74) is 2.06. The highest BCUT2D eigenvalue weighted by Gasteiger charge is 2.27. The Kier molecular flexibility index (Phi) is 5.70. The maximum absolute atomic E-state index is 13.1. The highest BCUT2D eigenvalue weighted by molar-refractivity contribution is 5.98. The van der Waals surface area contributed by atoms with Gasteiger partial charge in [0.2, 0.25) is 0 Å². The fraction of sp³-hybridized carbons (Fsp3) is 0.261. The number of Topliss-reactive ketones (excluding diaryl/α,β-unsaturated/α-hetero) is 1. The number of hydrogen-bond donors (Lipinski definition) is 0. The average molecular weight is 420 g/mol. The number of ketones is 1. The smallest absolute Gasteiger partial charge is 0.269 e. The monoisotopic (exact) mass is 420 g/mol. The summed E-state index contributed by atoms with van der Waals surface area (Å²) in [7, 11) is 0. The van der Waals surface area contributed by atoms with E-state index in [9.17, 15) is 19.3 Å². The molecule has 158 valence electrons. The van der Waals surface area contributed by atoms with Crippen molar-refractivity contribution in [3.63, 3.8) is 0 Å². The minimum absolute atomic E-state index is 0.0181. The van der Waals surface area contributed by atoms with Crippen LogP contribution in [0.2, 0.25) is 0 Å². The standard InChI is InChI=1S/C23H21FN4O3/c1-15-14-21(26-23(25-15)18-4-8-20(9-5-18)28(30)31)27-12-10-17(11-13-27)22(29)16-2-6-19(24)7-3-16/h2-9,14,17H,10-13H2,1H3. The van der Waals surface area contributed by atoms with Crippen LogP contribution in [0.15, 0.2) is 54.6 Å². The number of anilines is 1. The van der Waals surface area contributed by atoms with Crippen LogP contribution in [0.25, 0.3) is 11.4 Å². The van der Waals surface area contributed by atoms with Crippen LogP contribution in [-0.4, -0.2) is 33.8 Å². The van der Waals surface area contributed by atoms with Crippen LogP contribution in [0.5, 0.6) is 0 Å². The summed E-state index contributed by atoms with van der Waals surface area (Å²) in [6.07, 6.45) is 1.37. The van der Waals surface area contributed by atoms with Crippen molar-refractivity contribution in [2.24, 2.45) is 5.92 Å². The number of benzene rings is 2. The quantitative estimate of drug-likeness (QED) is 0.340. The number of aromatic nitrogens is 2. The van der Waals surface area contributed by atoms with Crippen LogP contribution in [0, 0.1) is 28.8 Å². The molecule has 0 amide bonds. The van der Waals surface area contributed by atoms with Crippen molar-refractivity contribution in [2.45, 2.75) is 19.8 Å². The zero-order valence-electron chi connectivity index (χ0n) is 17.0. The Morgan fingerprint density at radius 2 is 1.71 bits per heavy atom. The molecular formula is C23H21FN4O3. The molecule has 0 aliphatic carbocycles. The number of hydrogen-bond acceptors (Lipinski definition) is 6. The summed E-state index contributed by atoms with van der Waals surface area (Å²) < 4.78 is 13.1. The molecule has 1 saturated heterocycles. The number of non-ortho nitro benzene ring substituents is 1. The van der Waals surface area contributed by atoms with Crippen molar-refractivity contribution in [3.8, 4) is 11.4 Å². The molecule has 0 unspecified atom stereocenters. The molecule has 0 radical (unpaired) electrons. The summed E-state index contributed by atoms with van der Waals surface area (Å²) in [5.74, 6) is 0.876. The van der Waals surface area contributed by atoms with Crippen molar-refractivity contribution >= 4 is 17.3 Å². The van der Waals surface area contributed by atoms with Crippen LogP contribution in [0.4, 0.5) is 15.9 Å². The van der Waals surface area contributed by atoms with Crippen molar-refractivity contribution < 1.29 is 14.1 Å². The summed E-state index contributed by atoms with van der Waals surface area (Å²) in [4.78, 5) is 34.4. The molecule has 3 aromatic rings. The van der Waals surface area contributed by atoms with Crippen LogP contribution < -0.4 is 4.90 Å². The molecule has 8 heteroatoms. The number of carbonyl (C=O) groups is 1. The maximum Gasteiger partial charge on any atom is 0.269 e. The van der Waals surface area contributed by atoms with Gasteiger partial charge < -0.3 is 4.90 Å². The Bertz CT molecular complexity index is 1110. The van der Waals surface area contributed by atoms with Gasteiger partial charge in [0.25, 0.3) is 5.69 Å². The van der Waals surface area contributed by atoms with Gasteiger partial charge in [-0.1, -0.05) is 0 Å². The van der Waals surface area contributed by atoms with Crippen LogP contribution >= 0.6 is 0 Å². The van der Waals surface area contributed by atoms with Crippen LogP contribution in [0.3, 0.4) is 0 Å². The van der Waals surface area contributed by atoms with Crippen molar-refractivity contribution in [3.05, 3.63) is 81.8 Å². The van der Waals surface area contributed by atoms with E-state index < -0.39 is 4.92 Å². The minimum Gasteiger partial charge on any atom is -0.356 e. The van der Waals surface area contributed by atoms with Gasteiger partial charge in [-0.25, -0.2) is 14.4 Å². The SMILES string of the molecule is Cc1cc(N2CCC(C(=O)c3ccc(F)cc3)CC2)nc(-c2ccc([N+](=O)[O-])cc2)n1. The molecule has 0 spiro atoms. The minimum atomic E-state index is -0.441. The van der Waals surface area contributed by atoms with Gasteiger partial charge in [-0.2, -0.15) is 0 Å². The number of halogens is 1. The van der Waals surface area contributed by atoms with Crippen molar-refractivity contribution in [1.29, 1.82) is 0 Å². The molecule has 1 aromatic heterocycles. The molecule has 4 rings (SSSR count). The number of nitro benzene ring substituents is 1. The second kappa shape index (κ2) is 8.59. The van der Waals surface area contributed by atoms with Gasteiger partial charge in [0.1, 0.15) is 11.6 Å². The van der Waals surface area contributed by atoms with Gasteiger partial charge in [-0.05, 0) is 56.2 Å². The summed E-state index contributed by atoms with van der Waals surface area (Å²) in [6, 6.07) is 13.8. The molecule has 0 atom stereocenters. The van der Waals surface area contributed by atoms with Crippen LogP contribution in [0.1, 0.15) is 28.9 Å². The first-order valence-electron chi connectivity index (χ1n) is 10.1. The third-order valence-corrected chi connectivity index (χ3v) is 5.50. The fourth-order valence-electron chi connectivity index (χ4n) is 3.80. The lowest BCUT2D eigenvalue weighted by Crippen LogP contribution is -2.37. The Labute approximate surface area is 178 Å². The number of rotatable bonds is 5. The molecule has 7 nitrogen and oxygen atoms in total. The second-order valence-electron chi connectivity index (χ2n) is 7.63. The first-order valence-corrected chi connectivity index (χ1v) is 10.1. The van der Waals surface area contributed by atoms with E-state index in [1.165, 1.54) is 36.4 Å². The summed E-state index contributed by atoms with van der Waals surface area (Å²) in [5, 5.41) is 10.9. The first-order chi connectivity index (χ1) is 14.9. The normalized spacial score (nSPS) is 14.5. The zero-order chi connectivity index (χ0) is 22.0. The predicted octanol–water partition coefficient (Wildman–Crippen LogP) is 4.60. The van der Waals surface area contributed by atoms with E-state index in [2.05, 4.69) is 14.9 Å². The molecule has 1 fully saturated rings. The van der Waals surface area contributed by atoms with Gasteiger partial charge in [-0.3, -0.25) is 14.9 Å². The lowest BCUT2D eigenvalue weighted by atomic mass is 9.89. The van der Waals surface area contributed by atoms with Gasteiger partial charge >= 0.3 is 0 Å². The summed E-state index contributed by atoms with van der Waals surface area (Å²) in [6.45, 7) is 3.23. The van der Waals surface area contributed by atoms with Gasteiger partial charge in [0.05, 0.1) is 4.92 Å². The molecule has 0 saturated carbocycles. The van der Waals surface area contributed by atoms with Gasteiger partial charge in [-0.15, -0.1) is 0 Å². The number of aryl methyl sites for hydroxylation is 1. The lowest BCUT2D eigenvalue weighted by molar-refractivity contribution is -0.384. The highest BCUT2D eigenvalue weighted by atomic mass is 19.1. The molecule has 2 aromatic carbocycles. The van der Waals surface area contributed by atoms with E-state index in [0.29, 0.717) is 42.9 Å². The summed E-state index contributed by atoms with van der Waals surface area (Å²) >= 11 is 0. The van der Waals surface area contributed by atoms with Gasteiger partial charge in [0.15, 0.2) is 11.6 Å². The van der Waals surface area contributed by atoms with E-state index >= 15 is 0 Å². The number of nitro groups is 1. The fourth-order valence-corrected chi connectivity index (χ4v) is 3.80. The van der Waals surface area contributed by atoms with E-state index in [1.54, 1.807) is 12.1 Å². The average Bonchev–Trinajstić information content (AvgIpc) is 2.79. The third-order valence-electron chi connectivity index (χ3n) is 5.50. The Morgan fingerprint density at radius 1 is 1.06 bits per heavy atom. The Morgan fingerprint density at radius 3 is 2.32 bits per heavy atom. The topological polar surface area (TPSA) is 89.2 Å². The predicted molar refractivity (Wildman–Crippen MR) is 115 cm³/mol. The molecule has 31 heavy (non-hydrogen) atoms. The highest BCUT2D eigenvalue weighted by Crippen LogP contribution is 2.27. The van der Waals surface area contributed by atoms with Crippen molar-refractivity contribution in [1.82, 2.24) is 9.97 Å². The number of nitrogens with zero attached hydrogens (tertiary/aromatic N) is 4. The molecule has 0 bridgehead atoms. The van der Waals surface area contributed by atoms with E-state index in [4.69, 9.17) is 0 Å². The third kappa shape index (κ3) is 4.58. The van der Waals surface area contributed by atoms with Gasteiger partial charge in [0, 0.05) is 54.0 Å². The lowest BCUT2D eigenvalue weighted by Gasteiger charge is -2.32. The molecule has 1 aliphatic rings. The molecule has 2 heterocycles. The number of carbonyl (C=O) groups excluding carboxylic acids is 1. The number of piperidine rings is 1. The largest absolute Gasteiger partial charge is 0.356 e. The zero-order valence-corrected chi connectivity index (χ0v) is 17.0. The first kappa shape index (κ1) is 20.6. The molecule has 0 N–H and O–H groups in total. The Balaban J connectivity index is 1.47. The second-order valence-corrected chi connectivity index (χ2v) is 7.63. The van der Waals surface area contributed by atoms with E-state index in [-0.39, 0.29) is 23.2 Å². The Hall–Kier alpha value is -3.68. The van der Waals surface area contributed by atoms with Crippen molar-refractivity contribution in [2.75, 3.05) is 18.0 Å². The van der Waals surface area contributed by atoms with E-state index in [0.717, 1.165) is 11.5 Å². The molecular weight excluding hydrogens is 399 g/mol. The van der Waals surface area contributed by atoms with E-state index in [1.807, 2.05) is 13.0 Å².